The van der Waals surface area contributed by atoms with E-state index in [1.165, 1.54) is 25.0 Å². The van der Waals surface area contributed by atoms with Gasteiger partial charge < -0.3 is 4.74 Å². The normalized spacial score (nSPS) is 29.3. The lowest BCUT2D eigenvalue weighted by Gasteiger charge is -2.51. The number of hydrogen-bond donors (Lipinski definition) is 0. The van der Waals surface area contributed by atoms with Gasteiger partial charge in [0.15, 0.2) is 0 Å². The van der Waals surface area contributed by atoms with Gasteiger partial charge in [0, 0.05) is 17.2 Å². The third-order valence-corrected chi connectivity index (χ3v) is 5.29. The number of hydrogen-bond acceptors (Lipinski definition) is 1. The van der Waals surface area contributed by atoms with Gasteiger partial charge in [0.1, 0.15) is 17.7 Å². The molecule has 0 radical (unpaired) electrons. The molecular formula is C14H15Cl2FO. The Labute approximate surface area is 116 Å². The summed E-state index contributed by atoms with van der Waals surface area (Å²) in [5.74, 6) is 0.227. The van der Waals surface area contributed by atoms with E-state index < -0.39 is 0 Å². The lowest BCUT2D eigenvalue weighted by atomic mass is 9.64. The molecule has 1 nitrogen and oxygen atoms in total. The third-order valence-electron chi connectivity index (χ3n) is 4.38. The summed E-state index contributed by atoms with van der Waals surface area (Å²) in [6, 6.07) is 4.26. The summed E-state index contributed by atoms with van der Waals surface area (Å²) in [6.45, 7) is 0. The predicted octanol–water partition coefficient (Wildman–Crippen LogP) is 4.80. The van der Waals surface area contributed by atoms with Gasteiger partial charge in [-0.1, -0.05) is 24.4 Å². The first-order valence-corrected chi connectivity index (χ1v) is 7.19. The van der Waals surface area contributed by atoms with Crippen LogP contribution in [0.4, 0.5) is 4.39 Å². The van der Waals surface area contributed by atoms with Crippen LogP contribution in [0, 0.1) is 11.2 Å². The lowest BCUT2D eigenvalue weighted by molar-refractivity contribution is -0.0355. The molecule has 0 aromatic heterocycles. The Balaban J connectivity index is 1.77. The number of rotatable bonds is 2. The van der Waals surface area contributed by atoms with E-state index in [1.54, 1.807) is 6.07 Å². The van der Waals surface area contributed by atoms with Crippen LogP contribution in [0.5, 0.6) is 5.75 Å². The van der Waals surface area contributed by atoms with Crippen molar-refractivity contribution in [3.05, 3.63) is 29.0 Å². The maximum absolute atomic E-state index is 13.0. The zero-order valence-electron chi connectivity index (χ0n) is 9.96. The Morgan fingerprint density at radius 2 is 2.00 bits per heavy atom. The zero-order valence-corrected chi connectivity index (χ0v) is 11.5. The van der Waals surface area contributed by atoms with E-state index in [0.29, 0.717) is 10.8 Å². The number of ether oxygens (including phenoxy) is 1. The van der Waals surface area contributed by atoms with Gasteiger partial charge in [-0.15, -0.1) is 11.6 Å². The van der Waals surface area contributed by atoms with Crippen LogP contribution in [0.2, 0.25) is 5.02 Å². The highest BCUT2D eigenvalue weighted by Gasteiger charge is 2.57. The van der Waals surface area contributed by atoms with E-state index in [0.717, 1.165) is 19.3 Å². The molecule has 4 heteroatoms. The minimum Gasteiger partial charge on any atom is -0.488 e. The fourth-order valence-corrected chi connectivity index (χ4v) is 3.99. The van der Waals surface area contributed by atoms with Crippen molar-refractivity contribution in [2.24, 2.45) is 5.41 Å². The molecule has 98 valence electrons. The quantitative estimate of drug-likeness (QED) is 0.711. The van der Waals surface area contributed by atoms with Crippen LogP contribution in [-0.4, -0.2) is 11.5 Å². The van der Waals surface area contributed by atoms with E-state index in [1.807, 2.05) is 0 Å². The van der Waals surface area contributed by atoms with Crippen molar-refractivity contribution in [2.45, 2.75) is 43.6 Å². The van der Waals surface area contributed by atoms with E-state index in [-0.39, 0.29) is 22.7 Å². The van der Waals surface area contributed by atoms with E-state index in [4.69, 9.17) is 27.9 Å². The molecule has 18 heavy (non-hydrogen) atoms. The van der Waals surface area contributed by atoms with Crippen LogP contribution >= 0.6 is 23.2 Å². The first-order chi connectivity index (χ1) is 8.62. The third kappa shape index (κ3) is 1.90. The molecule has 0 N–H and O–H groups in total. The van der Waals surface area contributed by atoms with E-state index >= 15 is 0 Å². The molecule has 3 rings (SSSR count). The number of alkyl halides is 1. The van der Waals surface area contributed by atoms with Crippen LogP contribution < -0.4 is 4.74 Å². The molecule has 2 saturated carbocycles. The Bertz CT molecular complexity index is 457. The first-order valence-electron chi connectivity index (χ1n) is 6.37. The van der Waals surface area contributed by atoms with Crippen molar-refractivity contribution >= 4 is 23.2 Å². The molecule has 0 bridgehead atoms. The molecule has 2 atom stereocenters. The van der Waals surface area contributed by atoms with Gasteiger partial charge in [0.25, 0.3) is 0 Å². The van der Waals surface area contributed by atoms with E-state index in [2.05, 4.69) is 0 Å². The average Bonchev–Trinajstić information content (AvgIpc) is 2.83. The van der Waals surface area contributed by atoms with Crippen LogP contribution in [0.1, 0.15) is 32.1 Å². The predicted molar refractivity (Wildman–Crippen MR) is 71.0 cm³/mol. The van der Waals surface area contributed by atoms with Crippen LogP contribution in [-0.2, 0) is 0 Å². The molecule has 2 unspecified atom stereocenters. The maximum Gasteiger partial charge on any atom is 0.138 e. The van der Waals surface area contributed by atoms with Gasteiger partial charge in [-0.3, -0.25) is 0 Å². The van der Waals surface area contributed by atoms with Crippen molar-refractivity contribution in [1.29, 1.82) is 0 Å². The Morgan fingerprint density at radius 3 is 2.61 bits per heavy atom. The van der Waals surface area contributed by atoms with Gasteiger partial charge in [0.05, 0.1) is 5.02 Å². The molecule has 0 saturated heterocycles. The fourth-order valence-electron chi connectivity index (χ4n) is 3.26. The second-order valence-corrected chi connectivity index (χ2v) is 6.26. The van der Waals surface area contributed by atoms with Gasteiger partial charge >= 0.3 is 0 Å². The SMILES string of the molecule is Fc1ccc(OC2CC(Cl)C23CCCC3)c(Cl)c1. The van der Waals surface area contributed by atoms with Gasteiger partial charge in [-0.25, -0.2) is 4.39 Å². The Kier molecular flexibility index (Phi) is 3.19. The minimum atomic E-state index is -0.341. The molecule has 0 amide bonds. The van der Waals surface area contributed by atoms with Crippen molar-refractivity contribution < 1.29 is 9.13 Å². The zero-order chi connectivity index (χ0) is 12.8. The number of benzene rings is 1. The lowest BCUT2D eigenvalue weighted by Crippen LogP contribution is -2.55. The van der Waals surface area contributed by atoms with Gasteiger partial charge in [0.2, 0.25) is 0 Å². The molecule has 2 aliphatic carbocycles. The minimum absolute atomic E-state index is 0.124. The molecule has 2 fully saturated rings. The molecule has 0 heterocycles. The monoisotopic (exact) mass is 288 g/mol. The summed E-state index contributed by atoms with van der Waals surface area (Å²) in [6.07, 6.45) is 5.69. The van der Waals surface area contributed by atoms with Gasteiger partial charge in [-0.05, 0) is 31.0 Å². The molecular weight excluding hydrogens is 274 g/mol. The molecule has 1 aromatic rings. The molecule has 2 aliphatic rings. The highest BCUT2D eigenvalue weighted by atomic mass is 35.5. The van der Waals surface area contributed by atoms with Crippen molar-refractivity contribution in [3.63, 3.8) is 0 Å². The van der Waals surface area contributed by atoms with Crippen LogP contribution in [0.15, 0.2) is 18.2 Å². The summed E-state index contributed by atoms with van der Waals surface area (Å²) >= 11 is 12.4. The summed E-state index contributed by atoms with van der Waals surface area (Å²) in [5, 5.41) is 0.547. The summed E-state index contributed by atoms with van der Waals surface area (Å²) in [4.78, 5) is 0. The van der Waals surface area contributed by atoms with Crippen LogP contribution in [0.25, 0.3) is 0 Å². The highest BCUT2D eigenvalue weighted by Crippen LogP contribution is 2.57. The second-order valence-electron chi connectivity index (χ2n) is 5.32. The average molecular weight is 289 g/mol. The first kappa shape index (κ1) is 12.6. The van der Waals surface area contributed by atoms with Crippen molar-refractivity contribution in [1.82, 2.24) is 0 Å². The topological polar surface area (TPSA) is 9.23 Å². The summed E-state index contributed by atoms with van der Waals surface area (Å²) in [5.41, 5.74) is 0.124. The molecule has 1 spiro atoms. The fraction of sp³-hybridized carbons (Fsp3) is 0.571. The van der Waals surface area contributed by atoms with Crippen molar-refractivity contribution in [2.75, 3.05) is 0 Å². The smallest absolute Gasteiger partial charge is 0.138 e. The summed E-state index contributed by atoms with van der Waals surface area (Å²) < 4.78 is 18.9. The highest BCUT2D eigenvalue weighted by molar-refractivity contribution is 6.32. The summed E-state index contributed by atoms with van der Waals surface area (Å²) in [7, 11) is 0. The molecule has 0 aliphatic heterocycles. The number of halogens is 3. The standard InChI is InChI=1S/C14H15Cl2FO/c15-10-7-9(17)3-4-11(10)18-13-8-12(16)14(13)5-1-2-6-14/h3-4,7,12-13H,1-2,5-6,8H2. The van der Waals surface area contributed by atoms with Crippen LogP contribution in [0.3, 0.4) is 0 Å². The maximum atomic E-state index is 13.0. The van der Waals surface area contributed by atoms with E-state index in [9.17, 15) is 4.39 Å². The van der Waals surface area contributed by atoms with Crippen molar-refractivity contribution in [3.8, 4) is 5.75 Å². The van der Waals surface area contributed by atoms with Gasteiger partial charge in [-0.2, -0.15) is 0 Å². The second kappa shape index (κ2) is 4.57. The largest absolute Gasteiger partial charge is 0.488 e. The Hall–Kier alpha value is -0.470. The Morgan fingerprint density at radius 1 is 1.28 bits per heavy atom. The molecule has 1 aromatic carbocycles.